The number of nitrogen functional groups attached to an aromatic ring is 1. The van der Waals surface area contributed by atoms with Crippen LogP contribution in [0.3, 0.4) is 0 Å². The van der Waals surface area contributed by atoms with Gasteiger partial charge in [-0.25, -0.2) is 4.98 Å². The van der Waals surface area contributed by atoms with Crippen molar-refractivity contribution in [1.29, 1.82) is 0 Å². The molecule has 0 unspecified atom stereocenters. The number of pyridine rings is 1. The Labute approximate surface area is 213 Å². The molecular weight excluding hydrogens is 484 g/mol. The molecule has 1 amide bonds. The second-order valence-electron chi connectivity index (χ2n) is 8.47. The number of nitrogens with zero attached hydrogens (tertiary/aromatic N) is 4. The van der Waals surface area contributed by atoms with Gasteiger partial charge in [0.05, 0.1) is 19.2 Å². The zero-order valence-electron chi connectivity index (χ0n) is 20.3. The Morgan fingerprint density at radius 3 is 2.67 bits per heavy atom. The number of hydrogen-bond acceptors (Lipinski definition) is 8. The second-order valence-corrected chi connectivity index (χ2v) is 8.85. The molecule has 0 bridgehead atoms. The summed E-state index contributed by atoms with van der Waals surface area (Å²) in [5, 5.41) is 4.45. The van der Waals surface area contributed by atoms with Crippen LogP contribution in [0.15, 0.2) is 41.8 Å². The van der Waals surface area contributed by atoms with E-state index in [-0.39, 0.29) is 23.5 Å². The van der Waals surface area contributed by atoms with Crippen molar-refractivity contribution in [3.8, 4) is 22.6 Å². The summed E-state index contributed by atoms with van der Waals surface area (Å²) in [6, 6.07) is 5.30. The van der Waals surface area contributed by atoms with Crippen LogP contribution in [0.25, 0.3) is 22.2 Å². The number of piperidine rings is 1. The van der Waals surface area contributed by atoms with E-state index >= 15 is 0 Å². The molecule has 0 aliphatic carbocycles. The maximum atomic E-state index is 13.7. The maximum Gasteiger partial charge on any atom is 0.260 e. The lowest BCUT2D eigenvalue weighted by Gasteiger charge is -2.32. The fourth-order valence-electron chi connectivity index (χ4n) is 4.42. The summed E-state index contributed by atoms with van der Waals surface area (Å²) in [4.78, 5) is 35.8. The molecule has 1 aromatic carbocycles. The first-order valence-corrected chi connectivity index (χ1v) is 12.0. The van der Waals surface area contributed by atoms with Crippen LogP contribution in [-0.2, 0) is 11.3 Å². The number of carbonyl (C=O) groups excluding carboxylic acids is 1. The van der Waals surface area contributed by atoms with Gasteiger partial charge in [-0.15, -0.1) is 0 Å². The smallest absolute Gasteiger partial charge is 0.260 e. The molecule has 0 spiro atoms. The molecule has 0 atom stereocenters. The van der Waals surface area contributed by atoms with E-state index in [1.165, 1.54) is 20.3 Å². The number of amides is 1. The minimum atomic E-state index is -0.272. The molecule has 2 aromatic heterocycles. The fraction of sp³-hybridized carbons (Fsp3) is 0.360. The number of anilines is 1. The quantitative estimate of drug-likeness (QED) is 0.441. The van der Waals surface area contributed by atoms with E-state index in [9.17, 15) is 9.59 Å². The number of hydrogen-bond donors (Lipinski definition) is 2. The highest BCUT2D eigenvalue weighted by Crippen LogP contribution is 2.38. The highest BCUT2D eigenvalue weighted by Gasteiger charge is 2.22. The minimum absolute atomic E-state index is 0.0478. The molecule has 3 N–H and O–H groups in total. The van der Waals surface area contributed by atoms with Crippen LogP contribution in [0.1, 0.15) is 12.8 Å². The molecule has 1 saturated heterocycles. The molecule has 190 valence electrons. The molecule has 0 radical (unpaired) electrons. The zero-order valence-corrected chi connectivity index (χ0v) is 21.0. The van der Waals surface area contributed by atoms with Gasteiger partial charge < -0.3 is 25.4 Å². The number of nitrogens with one attached hydrogen (secondary N) is 1. The number of aromatic nitrogens is 3. The Hall–Kier alpha value is -3.63. The number of rotatable bonds is 8. The Kier molecular flexibility index (Phi) is 7.76. The van der Waals surface area contributed by atoms with E-state index in [1.807, 2.05) is 0 Å². The standard InChI is InChI=1S/C25H29ClN6O4/c1-4-21(33)31-8-5-16(6-9-31)28-7-10-32-23-15(14-29-25(27)30-23)11-19(24(32)34)18-12-17(35-2)13-20(36-3)22(18)26/h4,11-14,16,28H,1,5-10H2,2-3H3,(H2,27,29,30). The summed E-state index contributed by atoms with van der Waals surface area (Å²) in [6.45, 7) is 5.76. The summed E-state index contributed by atoms with van der Waals surface area (Å²) in [6.07, 6.45) is 4.57. The van der Waals surface area contributed by atoms with Gasteiger partial charge in [0.25, 0.3) is 5.56 Å². The van der Waals surface area contributed by atoms with Gasteiger partial charge in [0.1, 0.15) is 17.1 Å². The number of carbonyl (C=O) groups is 1. The number of fused-ring (bicyclic) bond motifs is 1. The molecule has 3 heterocycles. The van der Waals surface area contributed by atoms with Crippen molar-refractivity contribution in [3.05, 3.63) is 52.4 Å². The van der Waals surface area contributed by atoms with Crippen LogP contribution < -0.4 is 26.1 Å². The highest BCUT2D eigenvalue weighted by atomic mass is 35.5. The van der Waals surface area contributed by atoms with Gasteiger partial charge in [-0.2, -0.15) is 4.98 Å². The van der Waals surface area contributed by atoms with Crippen molar-refractivity contribution < 1.29 is 14.3 Å². The molecule has 10 nitrogen and oxygen atoms in total. The third kappa shape index (κ3) is 5.14. The van der Waals surface area contributed by atoms with Gasteiger partial charge in [-0.05, 0) is 31.1 Å². The summed E-state index contributed by atoms with van der Waals surface area (Å²) in [5.74, 6) is 0.937. The molecule has 0 saturated carbocycles. The summed E-state index contributed by atoms with van der Waals surface area (Å²) in [7, 11) is 3.04. The normalized spacial score (nSPS) is 14.1. The Balaban J connectivity index is 1.65. The van der Waals surface area contributed by atoms with E-state index in [0.717, 1.165) is 12.8 Å². The van der Waals surface area contributed by atoms with Crippen LogP contribution in [0.5, 0.6) is 11.5 Å². The van der Waals surface area contributed by atoms with Gasteiger partial charge in [0, 0.05) is 61.0 Å². The average Bonchev–Trinajstić information content (AvgIpc) is 2.90. The summed E-state index contributed by atoms with van der Waals surface area (Å²) >= 11 is 6.60. The first kappa shape index (κ1) is 25.5. The number of ether oxygens (including phenoxy) is 2. The minimum Gasteiger partial charge on any atom is -0.497 e. The number of halogens is 1. The molecule has 3 aromatic rings. The average molecular weight is 513 g/mol. The first-order valence-electron chi connectivity index (χ1n) is 11.6. The van der Waals surface area contributed by atoms with Gasteiger partial charge >= 0.3 is 0 Å². The van der Waals surface area contributed by atoms with Crippen LogP contribution in [0.4, 0.5) is 5.95 Å². The predicted molar refractivity (Wildman–Crippen MR) is 140 cm³/mol. The Morgan fingerprint density at radius 1 is 1.25 bits per heavy atom. The third-order valence-electron chi connectivity index (χ3n) is 6.35. The van der Waals surface area contributed by atoms with E-state index < -0.39 is 0 Å². The van der Waals surface area contributed by atoms with Gasteiger partial charge in [0.15, 0.2) is 0 Å². The lowest BCUT2D eigenvalue weighted by atomic mass is 10.0. The van der Waals surface area contributed by atoms with Crippen LogP contribution in [0, 0.1) is 0 Å². The Morgan fingerprint density at radius 2 is 2.00 bits per heavy atom. The summed E-state index contributed by atoms with van der Waals surface area (Å²) < 4.78 is 12.3. The van der Waals surface area contributed by atoms with Crippen LogP contribution >= 0.6 is 11.6 Å². The maximum absolute atomic E-state index is 13.7. The Bertz CT molecular complexity index is 1350. The molecule has 1 aliphatic rings. The van der Waals surface area contributed by atoms with Crippen LogP contribution in [-0.4, -0.2) is 65.2 Å². The van der Waals surface area contributed by atoms with E-state index in [2.05, 4.69) is 21.9 Å². The van der Waals surface area contributed by atoms with Crippen molar-refractivity contribution >= 4 is 34.5 Å². The fourth-order valence-corrected chi connectivity index (χ4v) is 4.71. The number of benzene rings is 1. The predicted octanol–water partition coefficient (Wildman–Crippen LogP) is 2.48. The first-order chi connectivity index (χ1) is 17.4. The molecular formula is C25H29ClN6O4. The third-order valence-corrected chi connectivity index (χ3v) is 6.74. The van der Waals surface area contributed by atoms with E-state index in [1.54, 1.807) is 33.9 Å². The number of methoxy groups -OCH3 is 2. The van der Waals surface area contributed by atoms with E-state index in [4.69, 9.17) is 26.8 Å². The van der Waals surface area contributed by atoms with E-state index in [0.29, 0.717) is 64.9 Å². The number of nitrogens with two attached hydrogens (primary N) is 1. The van der Waals surface area contributed by atoms with Crippen LogP contribution in [0.2, 0.25) is 5.02 Å². The largest absolute Gasteiger partial charge is 0.497 e. The van der Waals surface area contributed by atoms with Crippen molar-refractivity contribution in [2.24, 2.45) is 0 Å². The van der Waals surface area contributed by atoms with Gasteiger partial charge in [0.2, 0.25) is 11.9 Å². The monoisotopic (exact) mass is 512 g/mol. The molecule has 1 aliphatic heterocycles. The molecule has 1 fully saturated rings. The zero-order chi connectivity index (χ0) is 25.8. The SMILES string of the molecule is C=CC(=O)N1CCC(NCCn2c(=O)c(-c3cc(OC)cc(OC)c3Cl)cc3cnc(N)nc32)CC1. The van der Waals surface area contributed by atoms with Crippen molar-refractivity contribution in [2.75, 3.05) is 39.6 Å². The number of likely N-dealkylation sites (tertiary alicyclic amines) is 1. The second kappa shape index (κ2) is 11.0. The lowest BCUT2D eigenvalue weighted by Crippen LogP contribution is -2.45. The molecule has 36 heavy (non-hydrogen) atoms. The topological polar surface area (TPSA) is 125 Å². The van der Waals surface area contributed by atoms with Gasteiger partial charge in [-0.3, -0.25) is 14.2 Å². The van der Waals surface area contributed by atoms with Crippen molar-refractivity contribution in [3.63, 3.8) is 0 Å². The molecule has 4 rings (SSSR count). The van der Waals surface area contributed by atoms with Crippen molar-refractivity contribution in [2.45, 2.75) is 25.4 Å². The summed E-state index contributed by atoms with van der Waals surface area (Å²) in [5.41, 5.74) is 6.86. The molecule has 11 heteroatoms. The lowest BCUT2D eigenvalue weighted by molar-refractivity contribution is -0.127. The van der Waals surface area contributed by atoms with Gasteiger partial charge in [-0.1, -0.05) is 18.2 Å². The van der Waals surface area contributed by atoms with Crippen molar-refractivity contribution in [1.82, 2.24) is 24.8 Å². The highest BCUT2D eigenvalue weighted by molar-refractivity contribution is 6.35.